The summed E-state index contributed by atoms with van der Waals surface area (Å²) in [5.74, 6) is -0.232. The van der Waals surface area contributed by atoms with Gasteiger partial charge >= 0.3 is 0 Å². The Balaban J connectivity index is 2.09. The quantitative estimate of drug-likeness (QED) is 0.797. The van der Waals surface area contributed by atoms with Gasteiger partial charge in [0.1, 0.15) is 0 Å². The van der Waals surface area contributed by atoms with Gasteiger partial charge in [-0.2, -0.15) is 5.10 Å². The summed E-state index contributed by atoms with van der Waals surface area (Å²) < 4.78 is 20.7. The van der Waals surface area contributed by atoms with Gasteiger partial charge in [0, 0.05) is 25.4 Å². The van der Waals surface area contributed by atoms with Crippen molar-refractivity contribution in [3.8, 4) is 5.75 Å². The SMILES string of the molecule is CCCOc1cc(NCc2ccn(C)n2)c(N)cc1F. The smallest absolute Gasteiger partial charge is 0.167 e. The Kier molecular flexibility index (Phi) is 4.45. The maximum atomic E-state index is 13.7. The lowest BCUT2D eigenvalue weighted by atomic mass is 10.2. The molecule has 1 aromatic carbocycles. The molecule has 20 heavy (non-hydrogen) atoms. The molecule has 0 saturated heterocycles. The fraction of sp³-hybridized carbons (Fsp3) is 0.357. The number of nitrogen functional groups attached to an aromatic ring is 1. The number of halogens is 1. The summed E-state index contributed by atoms with van der Waals surface area (Å²) in [5, 5.41) is 7.39. The van der Waals surface area contributed by atoms with E-state index in [9.17, 15) is 4.39 Å². The molecule has 0 aliphatic heterocycles. The summed E-state index contributed by atoms with van der Waals surface area (Å²) in [6.45, 7) is 2.96. The number of nitrogens with zero attached hydrogens (tertiary/aromatic N) is 2. The molecule has 6 heteroatoms. The van der Waals surface area contributed by atoms with Gasteiger partial charge in [-0.1, -0.05) is 6.92 Å². The first-order valence-electron chi connectivity index (χ1n) is 6.54. The van der Waals surface area contributed by atoms with Gasteiger partial charge in [-0.05, 0) is 12.5 Å². The summed E-state index contributed by atoms with van der Waals surface area (Å²) in [6, 6.07) is 4.76. The van der Waals surface area contributed by atoms with Crippen molar-refractivity contribution < 1.29 is 9.13 Å². The number of benzene rings is 1. The molecule has 3 N–H and O–H groups in total. The Morgan fingerprint density at radius 2 is 2.25 bits per heavy atom. The molecule has 0 saturated carbocycles. The summed E-state index contributed by atoms with van der Waals surface area (Å²) in [5.41, 5.74) is 7.68. The van der Waals surface area contributed by atoms with Crippen LogP contribution in [0.4, 0.5) is 15.8 Å². The van der Waals surface area contributed by atoms with E-state index in [-0.39, 0.29) is 5.75 Å². The Bertz CT molecular complexity index is 583. The molecular formula is C14H19FN4O. The van der Waals surface area contributed by atoms with E-state index < -0.39 is 5.82 Å². The molecule has 0 aliphatic rings. The Morgan fingerprint density at radius 1 is 1.45 bits per heavy atom. The molecule has 2 aromatic rings. The minimum atomic E-state index is -0.445. The van der Waals surface area contributed by atoms with Crippen molar-refractivity contribution in [3.63, 3.8) is 0 Å². The first-order valence-corrected chi connectivity index (χ1v) is 6.54. The van der Waals surface area contributed by atoms with Crippen molar-refractivity contribution in [2.75, 3.05) is 17.7 Å². The van der Waals surface area contributed by atoms with Crippen LogP contribution in [0, 0.1) is 5.82 Å². The monoisotopic (exact) mass is 278 g/mol. The molecule has 2 rings (SSSR count). The fourth-order valence-electron chi connectivity index (χ4n) is 1.79. The lowest BCUT2D eigenvalue weighted by Gasteiger charge is -2.12. The first kappa shape index (κ1) is 14.2. The lowest BCUT2D eigenvalue weighted by molar-refractivity contribution is 0.301. The van der Waals surface area contributed by atoms with E-state index in [0.717, 1.165) is 12.1 Å². The van der Waals surface area contributed by atoms with Crippen LogP contribution in [0.25, 0.3) is 0 Å². The van der Waals surface area contributed by atoms with Crippen LogP contribution in [0.15, 0.2) is 24.4 Å². The van der Waals surface area contributed by atoms with Crippen LogP contribution < -0.4 is 15.8 Å². The highest BCUT2D eigenvalue weighted by Gasteiger charge is 2.09. The van der Waals surface area contributed by atoms with Crippen LogP contribution in [0.2, 0.25) is 0 Å². The van der Waals surface area contributed by atoms with Gasteiger partial charge in [0.2, 0.25) is 0 Å². The van der Waals surface area contributed by atoms with Crippen molar-refractivity contribution in [3.05, 3.63) is 35.9 Å². The number of rotatable bonds is 6. The Morgan fingerprint density at radius 3 is 2.90 bits per heavy atom. The van der Waals surface area contributed by atoms with E-state index in [2.05, 4.69) is 10.4 Å². The van der Waals surface area contributed by atoms with Gasteiger partial charge in [0.25, 0.3) is 0 Å². The van der Waals surface area contributed by atoms with Gasteiger partial charge < -0.3 is 15.8 Å². The van der Waals surface area contributed by atoms with E-state index >= 15 is 0 Å². The second-order valence-electron chi connectivity index (χ2n) is 4.55. The van der Waals surface area contributed by atoms with E-state index in [0.29, 0.717) is 24.5 Å². The van der Waals surface area contributed by atoms with Crippen LogP contribution in [0.3, 0.4) is 0 Å². The number of anilines is 2. The van der Waals surface area contributed by atoms with E-state index in [1.54, 1.807) is 10.7 Å². The maximum absolute atomic E-state index is 13.7. The Hall–Kier alpha value is -2.24. The lowest BCUT2D eigenvalue weighted by Crippen LogP contribution is -2.06. The normalized spacial score (nSPS) is 10.6. The van der Waals surface area contributed by atoms with Gasteiger partial charge in [-0.25, -0.2) is 4.39 Å². The fourth-order valence-corrected chi connectivity index (χ4v) is 1.79. The highest BCUT2D eigenvalue weighted by Crippen LogP contribution is 2.28. The number of hydrogen-bond donors (Lipinski definition) is 2. The molecule has 0 fully saturated rings. The minimum absolute atomic E-state index is 0.213. The number of nitrogens with one attached hydrogen (secondary N) is 1. The predicted molar refractivity (Wildman–Crippen MR) is 77.1 cm³/mol. The topological polar surface area (TPSA) is 65.1 Å². The third-order valence-electron chi connectivity index (χ3n) is 2.79. The molecule has 0 radical (unpaired) electrons. The van der Waals surface area contributed by atoms with E-state index in [1.807, 2.05) is 26.2 Å². The number of ether oxygens (including phenoxy) is 1. The maximum Gasteiger partial charge on any atom is 0.167 e. The van der Waals surface area contributed by atoms with Gasteiger partial charge in [-0.3, -0.25) is 4.68 Å². The van der Waals surface area contributed by atoms with Crippen molar-refractivity contribution >= 4 is 11.4 Å². The van der Waals surface area contributed by atoms with Crippen LogP contribution in [-0.4, -0.2) is 16.4 Å². The predicted octanol–water partition coefficient (Wildman–Crippen LogP) is 2.54. The molecule has 0 bridgehead atoms. The van der Waals surface area contributed by atoms with E-state index in [4.69, 9.17) is 10.5 Å². The van der Waals surface area contributed by atoms with Gasteiger partial charge in [0.05, 0.1) is 30.2 Å². The standard InChI is InChI=1S/C14H19FN4O/c1-3-6-20-14-8-13(12(16)7-11(14)15)17-9-10-4-5-19(2)18-10/h4-5,7-8,17H,3,6,9,16H2,1-2H3. The highest BCUT2D eigenvalue weighted by atomic mass is 19.1. The average Bonchev–Trinajstić information content (AvgIpc) is 2.82. The molecule has 0 amide bonds. The largest absolute Gasteiger partial charge is 0.490 e. The van der Waals surface area contributed by atoms with Crippen molar-refractivity contribution in [2.24, 2.45) is 7.05 Å². The molecule has 0 unspecified atom stereocenters. The molecule has 108 valence electrons. The summed E-state index contributed by atoms with van der Waals surface area (Å²) in [6.07, 6.45) is 2.68. The number of aromatic nitrogens is 2. The highest BCUT2D eigenvalue weighted by molar-refractivity contribution is 5.68. The molecule has 1 heterocycles. The third kappa shape index (κ3) is 3.40. The molecular weight excluding hydrogens is 259 g/mol. The minimum Gasteiger partial charge on any atom is -0.490 e. The average molecular weight is 278 g/mol. The zero-order valence-electron chi connectivity index (χ0n) is 11.7. The summed E-state index contributed by atoms with van der Waals surface area (Å²) in [4.78, 5) is 0. The van der Waals surface area contributed by atoms with Gasteiger partial charge in [-0.15, -0.1) is 0 Å². The zero-order valence-corrected chi connectivity index (χ0v) is 11.7. The van der Waals surface area contributed by atoms with Crippen molar-refractivity contribution in [2.45, 2.75) is 19.9 Å². The van der Waals surface area contributed by atoms with E-state index in [1.165, 1.54) is 6.07 Å². The second kappa shape index (κ2) is 6.27. The van der Waals surface area contributed by atoms with Crippen LogP contribution in [0.5, 0.6) is 5.75 Å². The molecule has 5 nitrogen and oxygen atoms in total. The van der Waals surface area contributed by atoms with Crippen LogP contribution in [-0.2, 0) is 13.6 Å². The third-order valence-corrected chi connectivity index (χ3v) is 2.79. The van der Waals surface area contributed by atoms with Crippen molar-refractivity contribution in [1.29, 1.82) is 0 Å². The molecule has 0 spiro atoms. The number of aryl methyl sites for hydroxylation is 1. The summed E-state index contributed by atoms with van der Waals surface area (Å²) >= 11 is 0. The van der Waals surface area contributed by atoms with Crippen LogP contribution >= 0.6 is 0 Å². The zero-order chi connectivity index (χ0) is 14.5. The molecule has 0 aliphatic carbocycles. The molecule has 0 atom stereocenters. The molecule has 1 aromatic heterocycles. The van der Waals surface area contributed by atoms with Crippen molar-refractivity contribution in [1.82, 2.24) is 9.78 Å². The Labute approximate surface area is 117 Å². The number of hydrogen-bond acceptors (Lipinski definition) is 4. The van der Waals surface area contributed by atoms with Gasteiger partial charge in [0.15, 0.2) is 11.6 Å². The summed E-state index contributed by atoms with van der Waals surface area (Å²) in [7, 11) is 1.85. The number of nitrogens with two attached hydrogens (primary N) is 1. The first-order chi connectivity index (χ1) is 9.60. The van der Waals surface area contributed by atoms with Crippen LogP contribution in [0.1, 0.15) is 19.0 Å². The second-order valence-corrected chi connectivity index (χ2v) is 4.55.